The fourth-order valence-electron chi connectivity index (χ4n) is 3.12. The molecular formula is C27H30N4O3. The van der Waals surface area contributed by atoms with E-state index in [1.54, 1.807) is 36.4 Å². The quantitative estimate of drug-likeness (QED) is 0.360. The maximum atomic E-state index is 9.38. The van der Waals surface area contributed by atoms with E-state index in [-0.39, 0.29) is 17.2 Å². The first kappa shape index (κ1) is 24.7. The summed E-state index contributed by atoms with van der Waals surface area (Å²) in [5, 5.41) is 28.1. The van der Waals surface area contributed by atoms with Gasteiger partial charge in [-0.3, -0.25) is 19.9 Å². The summed E-state index contributed by atoms with van der Waals surface area (Å²) in [6, 6.07) is 20.8. The zero-order valence-electron chi connectivity index (χ0n) is 19.0. The van der Waals surface area contributed by atoms with Crippen LogP contribution in [0.5, 0.6) is 17.2 Å². The van der Waals surface area contributed by atoms with Gasteiger partial charge in [0.15, 0.2) is 0 Å². The molecule has 0 aliphatic rings. The van der Waals surface area contributed by atoms with Crippen LogP contribution in [-0.2, 0) is 0 Å². The Morgan fingerprint density at radius 1 is 0.471 bits per heavy atom. The number of rotatable bonds is 12. The highest BCUT2D eigenvalue weighted by atomic mass is 16.3. The average molecular weight is 459 g/mol. The van der Waals surface area contributed by atoms with Crippen LogP contribution in [0.15, 0.2) is 87.8 Å². The molecule has 7 heteroatoms. The molecule has 3 aromatic rings. The third-order valence-electron chi connectivity index (χ3n) is 5.04. The van der Waals surface area contributed by atoms with Crippen molar-refractivity contribution in [3.63, 3.8) is 0 Å². The Bertz CT molecular complexity index is 935. The number of hydrogen-bond donors (Lipinski definition) is 3. The fraction of sp³-hybridized carbons (Fsp3) is 0.222. The molecule has 7 nitrogen and oxygen atoms in total. The number of benzene rings is 3. The summed E-state index contributed by atoms with van der Waals surface area (Å²) < 4.78 is 0. The van der Waals surface area contributed by atoms with Gasteiger partial charge in [0.05, 0.1) is 19.6 Å². The van der Waals surface area contributed by atoms with Crippen molar-refractivity contribution in [2.24, 2.45) is 15.0 Å². The summed E-state index contributed by atoms with van der Waals surface area (Å²) in [4.78, 5) is 15.8. The van der Waals surface area contributed by atoms with Gasteiger partial charge in [-0.1, -0.05) is 0 Å². The Morgan fingerprint density at radius 3 is 1.00 bits per heavy atom. The molecule has 0 spiro atoms. The summed E-state index contributed by atoms with van der Waals surface area (Å²) in [6.45, 7) is 4.26. The molecule has 176 valence electrons. The van der Waals surface area contributed by atoms with Gasteiger partial charge in [0.1, 0.15) is 17.2 Å². The van der Waals surface area contributed by atoms with E-state index in [1.165, 1.54) is 0 Å². The van der Waals surface area contributed by atoms with E-state index < -0.39 is 0 Å². The third kappa shape index (κ3) is 9.26. The Labute approximate surface area is 200 Å². The van der Waals surface area contributed by atoms with Gasteiger partial charge in [-0.05, 0) is 89.5 Å². The van der Waals surface area contributed by atoms with Crippen molar-refractivity contribution in [3.8, 4) is 17.2 Å². The first-order valence-electron chi connectivity index (χ1n) is 11.2. The van der Waals surface area contributed by atoms with E-state index in [4.69, 9.17) is 0 Å². The maximum Gasteiger partial charge on any atom is 0.115 e. The molecule has 0 aliphatic heterocycles. The molecular weight excluding hydrogens is 428 g/mol. The zero-order chi connectivity index (χ0) is 24.0. The maximum absolute atomic E-state index is 9.38. The van der Waals surface area contributed by atoms with E-state index in [1.807, 2.05) is 55.0 Å². The van der Waals surface area contributed by atoms with Crippen LogP contribution < -0.4 is 0 Å². The van der Waals surface area contributed by atoms with Gasteiger partial charge < -0.3 is 15.3 Å². The predicted molar refractivity (Wildman–Crippen MR) is 138 cm³/mol. The van der Waals surface area contributed by atoms with E-state index in [9.17, 15) is 15.3 Å². The lowest BCUT2D eigenvalue weighted by Gasteiger charge is -2.19. The molecule has 0 heterocycles. The number of nitrogens with zero attached hydrogens (tertiary/aromatic N) is 4. The lowest BCUT2D eigenvalue weighted by atomic mass is 10.2. The van der Waals surface area contributed by atoms with Gasteiger partial charge in [-0.2, -0.15) is 0 Å². The van der Waals surface area contributed by atoms with Gasteiger partial charge in [0.2, 0.25) is 0 Å². The Hall–Kier alpha value is -3.97. The highest BCUT2D eigenvalue weighted by molar-refractivity contribution is 5.80. The number of aromatic hydroxyl groups is 3. The molecule has 0 saturated heterocycles. The summed E-state index contributed by atoms with van der Waals surface area (Å²) in [6.07, 6.45) is 5.43. The molecule has 0 radical (unpaired) electrons. The second-order valence-electron chi connectivity index (χ2n) is 7.72. The van der Waals surface area contributed by atoms with Crippen LogP contribution in [0.25, 0.3) is 0 Å². The normalized spacial score (nSPS) is 11.9. The first-order valence-corrected chi connectivity index (χ1v) is 11.2. The fourth-order valence-corrected chi connectivity index (χ4v) is 3.12. The van der Waals surface area contributed by atoms with Gasteiger partial charge in [0.25, 0.3) is 0 Å². The van der Waals surface area contributed by atoms with Gasteiger partial charge >= 0.3 is 0 Å². The van der Waals surface area contributed by atoms with Gasteiger partial charge in [0, 0.05) is 38.3 Å². The highest BCUT2D eigenvalue weighted by Gasteiger charge is 2.03. The highest BCUT2D eigenvalue weighted by Crippen LogP contribution is 2.09. The van der Waals surface area contributed by atoms with E-state index in [0.717, 1.165) is 36.3 Å². The zero-order valence-corrected chi connectivity index (χ0v) is 19.0. The Morgan fingerprint density at radius 2 is 0.735 bits per heavy atom. The number of phenolic OH excluding ortho intramolecular Hbond substituents is 3. The van der Waals surface area contributed by atoms with Gasteiger partial charge in [-0.25, -0.2) is 0 Å². The summed E-state index contributed by atoms with van der Waals surface area (Å²) in [5.41, 5.74) is 2.84. The SMILES string of the molecule is Oc1ccc(C=NCCN(CCN=Cc2ccc(O)cc2)CCN=Cc2ccc(O)cc2)cc1. The van der Waals surface area contributed by atoms with Crippen molar-refractivity contribution in [2.75, 3.05) is 39.3 Å². The molecule has 0 aliphatic carbocycles. The van der Waals surface area contributed by atoms with Crippen molar-refractivity contribution in [3.05, 3.63) is 89.5 Å². The Balaban J connectivity index is 1.50. The molecule has 0 fully saturated rings. The third-order valence-corrected chi connectivity index (χ3v) is 5.04. The Kier molecular flexibility index (Phi) is 9.83. The number of phenols is 3. The minimum atomic E-state index is 0.240. The molecule has 0 amide bonds. The standard InChI is InChI=1S/C27H30N4O3/c32-25-7-1-22(2-8-25)19-28-13-16-31(17-14-29-20-23-3-9-26(33)10-4-23)18-15-30-21-24-5-11-27(34)12-6-24/h1-12,19-21,32-34H,13-18H2. The van der Waals surface area contributed by atoms with E-state index >= 15 is 0 Å². The number of aliphatic imine (C=N–C) groups is 3. The van der Waals surface area contributed by atoms with Crippen molar-refractivity contribution in [2.45, 2.75) is 0 Å². The smallest absolute Gasteiger partial charge is 0.115 e. The van der Waals surface area contributed by atoms with E-state index in [2.05, 4.69) is 19.9 Å². The van der Waals surface area contributed by atoms with Crippen LogP contribution >= 0.6 is 0 Å². The molecule has 0 unspecified atom stereocenters. The first-order chi connectivity index (χ1) is 16.6. The predicted octanol–water partition coefficient (Wildman–Crippen LogP) is 3.76. The minimum absolute atomic E-state index is 0.240. The summed E-state index contributed by atoms with van der Waals surface area (Å²) in [7, 11) is 0. The molecule has 3 aromatic carbocycles. The molecule has 3 rings (SSSR count). The van der Waals surface area contributed by atoms with Crippen molar-refractivity contribution in [1.82, 2.24) is 4.90 Å². The average Bonchev–Trinajstić information content (AvgIpc) is 2.85. The largest absolute Gasteiger partial charge is 0.508 e. The summed E-state index contributed by atoms with van der Waals surface area (Å²) >= 11 is 0. The van der Waals surface area contributed by atoms with E-state index in [0.29, 0.717) is 19.6 Å². The molecule has 0 bridgehead atoms. The topological polar surface area (TPSA) is 101 Å². The van der Waals surface area contributed by atoms with Crippen molar-refractivity contribution < 1.29 is 15.3 Å². The molecule has 0 saturated carbocycles. The lowest BCUT2D eigenvalue weighted by Crippen LogP contribution is -2.31. The molecule has 0 aromatic heterocycles. The van der Waals surface area contributed by atoms with Crippen LogP contribution in [0, 0.1) is 0 Å². The second kappa shape index (κ2) is 13.5. The molecule has 34 heavy (non-hydrogen) atoms. The summed E-state index contributed by atoms with van der Waals surface area (Å²) in [5.74, 6) is 0.720. The van der Waals surface area contributed by atoms with Crippen molar-refractivity contribution >= 4 is 18.6 Å². The van der Waals surface area contributed by atoms with Crippen LogP contribution in [0.4, 0.5) is 0 Å². The van der Waals surface area contributed by atoms with Crippen LogP contribution in [0.1, 0.15) is 16.7 Å². The second-order valence-corrected chi connectivity index (χ2v) is 7.72. The molecule has 3 N–H and O–H groups in total. The van der Waals surface area contributed by atoms with Crippen LogP contribution in [0.2, 0.25) is 0 Å². The van der Waals surface area contributed by atoms with Crippen LogP contribution in [-0.4, -0.2) is 78.1 Å². The van der Waals surface area contributed by atoms with Crippen molar-refractivity contribution in [1.29, 1.82) is 0 Å². The monoisotopic (exact) mass is 458 g/mol. The minimum Gasteiger partial charge on any atom is -0.508 e. The molecule has 0 atom stereocenters. The van der Waals surface area contributed by atoms with Gasteiger partial charge in [-0.15, -0.1) is 0 Å². The number of hydrogen-bond acceptors (Lipinski definition) is 7. The lowest BCUT2D eigenvalue weighted by molar-refractivity contribution is 0.298. The van der Waals surface area contributed by atoms with Crippen LogP contribution in [0.3, 0.4) is 0 Å².